The van der Waals surface area contributed by atoms with Crippen molar-refractivity contribution in [2.75, 3.05) is 37.7 Å². The van der Waals surface area contributed by atoms with E-state index in [1.54, 1.807) is 67.1 Å². The fourth-order valence-electron chi connectivity index (χ4n) is 5.31. The first-order valence-corrected chi connectivity index (χ1v) is 17.3. The first kappa shape index (κ1) is 34.9. The van der Waals surface area contributed by atoms with Gasteiger partial charge in [0, 0.05) is 38.9 Å². The lowest BCUT2D eigenvalue weighted by molar-refractivity contribution is -0.139. The van der Waals surface area contributed by atoms with Gasteiger partial charge in [0.05, 0.1) is 22.8 Å². The highest BCUT2D eigenvalue weighted by Crippen LogP contribution is 2.27. The molecule has 3 heterocycles. The number of benzene rings is 3. The van der Waals surface area contributed by atoms with Gasteiger partial charge in [-0.05, 0) is 59.0 Å². The van der Waals surface area contributed by atoms with Crippen LogP contribution < -0.4 is 15.0 Å². The molecule has 0 unspecified atom stereocenters. The first-order chi connectivity index (χ1) is 23.8. The normalized spacial score (nSPS) is 13.3. The second kappa shape index (κ2) is 16.6. The molecule has 1 aliphatic rings. The number of carboxylic acid groups (broad SMARTS) is 1. The van der Waals surface area contributed by atoms with Crippen LogP contribution in [0.1, 0.15) is 24.5 Å². The number of anilines is 1. The third-order valence-corrected chi connectivity index (χ3v) is 9.78. The Bertz CT molecular complexity index is 1970. The Kier molecular flexibility index (Phi) is 11.8. The minimum Gasteiger partial charge on any atom is -0.482 e. The van der Waals surface area contributed by atoms with Crippen molar-refractivity contribution in [3.63, 3.8) is 0 Å². The highest BCUT2D eigenvalue weighted by Gasteiger charge is 2.29. The van der Waals surface area contributed by atoms with Crippen LogP contribution in [0, 0.1) is 0 Å². The molecule has 1 amide bonds. The number of aliphatic carboxylic acids is 1. The average Bonchev–Trinajstić information content (AvgIpc) is 3.14. The molecule has 1 aliphatic heterocycles. The van der Waals surface area contributed by atoms with E-state index in [0.717, 1.165) is 35.0 Å². The van der Waals surface area contributed by atoms with Gasteiger partial charge in [0.15, 0.2) is 6.61 Å². The molecular weight excluding hydrogens is 644 g/mol. The Morgan fingerprint density at radius 3 is 2.35 bits per heavy atom. The summed E-state index contributed by atoms with van der Waals surface area (Å²) in [5.41, 5.74) is 5.55. The van der Waals surface area contributed by atoms with E-state index in [4.69, 9.17) is 9.84 Å². The highest BCUT2D eigenvalue weighted by atomic mass is 32.2. The van der Waals surface area contributed by atoms with Crippen LogP contribution >= 0.6 is 0 Å². The number of carbonyl (C=O) groups is 2. The largest absolute Gasteiger partial charge is 0.482 e. The number of pyridine rings is 1. The van der Waals surface area contributed by atoms with Crippen LogP contribution in [0.15, 0.2) is 102 Å². The molecule has 49 heavy (non-hydrogen) atoms. The van der Waals surface area contributed by atoms with Crippen LogP contribution in [0.4, 0.5) is 5.82 Å². The van der Waals surface area contributed by atoms with Crippen molar-refractivity contribution in [3.8, 4) is 16.9 Å². The van der Waals surface area contributed by atoms with Crippen LogP contribution in [0.2, 0.25) is 0 Å². The summed E-state index contributed by atoms with van der Waals surface area (Å²) in [6.45, 7) is 4.04. The molecule has 6 rings (SSSR count). The summed E-state index contributed by atoms with van der Waals surface area (Å²) >= 11 is 0. The average molecular weight is 683 g/mol. The van der Waals surface area contributed by atoms with Crippen molar-refractivity contribution in [2.24, 2.45) is 0 Å². The molecule has 1 saturated heterocycles. The summed E-state index contributed by atoms with van der Waals surface area (Å²) in [6, 6.07) is 23.8. The zero-order chi connectivity index (χ0) is 34.6. The number of nitrogens with zero attached hydrogens (tertiary/aromatic N) is 5. The van der Waals surface area contributed by atoms with Crippen LogP contribution in [0.25, 0.3) is 22.2 Å². The molecule has 2 aromatic heterocycles. The van der Waals surface area contributed by atoms with E-state index in [2.05, 4.69) is 51.5 Å². The van der Waals surface area contributed by atoms with Gasteiger partial charge in [0.2, 0.25) is 16.4 Å². The number of fused-ring (bicyclic) bond motifs is 1. The number of carbonyl (C=O) groups excluding carboxylic acids is 1. The van der Waals surface area contributed by atoms with Crippen molar-refractivity contribution in [2.45, 2.75) is 31.2 Å². The summed E-state index contributed by atoms with van der Waals surface area (Å²) < 4.78 is 33.2. The molecule has 0 saturated carbocycles. The summed E-state index contributed by atoms with van der Waals surface area (Å²) in [6.07, 6.45) is 8.04. The van der Waals surface area contributed by atoms with Gasteiger partial charge < -0.3 is 20.1 Å². The molecular formula is C36H38N6O6S. The Morgan fingerprint density at radius 2 is 1.65 bits per heavy atom. The number of sulfonamides is 1. The van der Waals surface area contributed by atoms with E-state index in [9.17, 15) is 18.0 Å². The van der Waals surface area contributed by atoms with Gasteiger partial charge in [-0.3, -0.25) is 9.78 Å². The number of carboxylic acids is 1. The van der Waals surface area contributed by atoms with Gasteiger partial charge in [-0.2, -0.15) is 4.31 Å². The highest BCUT2D eigenvalue weighted by molar-refractivity contribution is 7.89. The van der Waals surface area contributed by atoms with E-state index in [-0.39, 0.29) is 4.90 Å². The number of amides is 1. The van der Waals surface area contributed by atoms with Gasteiger partial charge in [-0.15, -0.1) is 0 Å². The zero-order valence-electron chi connectivity index (χ0n) is 27.1. The number of hydrogen-bond donors (Lipinski definition) is 2. The van der Waals surface area contributed by atoms with Crippen LogP contribution in [-0.4, -0.2) is 77.9 Å². The Labute approximate surface area is 285 Å². The first-order valence-electron chi connectivity index (χ1n) is 15.9. The van der Waals surface area contributed by atoms with E-state index < -0.39 is 22.6 Å². The van der Waals surface area contributed by atoms with Crippen LogP contribution in [0.3, 0.4) is 0 Å². The number of ether oxygens (including phenoxy) is 1. The lowest BCUT2D eigenvalue weighted by atomic mass is 10.1. The van der Waals surface area contributed by atoms with E-state index in [0.29, 0.717) is 49.8 Å². The van der Waals surface area contributed by atoms with Crippen molar-refractivity contribution < 1.29 is 27.9 Å². The molecule has 0 aliphatic carbocycles. The lowest BCUT2D eigenvalue weighted by Gasteiger charge is -2.34. The summed E-state index contributed by atoms with van der Waals surface area (Å²) in [5.74, 6) is 0.0837. The quantitative estimate of drug-likeness (QED) is 0.179. The van der Waals surface area contributed by atoms with Gasteiger partial charge in [0.25, 0.3) is 0 Å². The number of aryl methyl sites for hydroxylation is 1. The maximum Gasteiger partial charge on any atom is 0.341 e. The summed E-state index contributed by atoms with van der Waals surface area (Å²) in [5, 5.41) is 11.4. The van der Waals surface area contributed by atoms with Crippen LogP contribution in [-0.2, 0) is 32.6 Å². The molecule has 0 radical (unpaired) electrons. The Morgan fingerprint density at radius 1 is 0.918 bits per heavy atom. The topological polar surface area (TPSA) is 155 Å². The van der Waals surface area contributed by atoms with Crippen LogP contribution in [0.5, 0.6) is 5.75 Å². The smallest absolute Gasteiger partial charge is 0.341 e. The standard InChI is InChI=1S/C25H23N5O5S.C11H15NO/c31-25(32)17-35-20-3-1-2-19(14-20)18-4-6-21(7-5-18)36(33,34)30-12-10-29(11-13-30)24-16-27-23-15-26-9-8-22(23)28-24;1-2-3-10-4-6-11(7-5-10)8-12-9-13/h1-9,14-16H,10-13,17H2,(H,31,32);4-7,9H,2-3,8H2,1H3,(H,12,13). The van der Waals surface area contributed by atoms with Crippen molar-refractivity contribution in [1.29, 1.82) is 0 Å². The second-order valence-corrected chi connectivity index (χ2v) is 13.2. The molecule has 13 heteroatoms. The van der Waals surface area contributed by atoms with E-state index >= 15 is 0 Å². The maximum atomic E-state index is 13.3. The molecule has 0 bridgehead atoms. The molecule has 12 nitrogen and oxygen atoms in total. The lowest BCUT2D eigenvalue weighted by Crippen LogP contribution is -2.48. The van der Waals surface area contributed by atoms with Gasteiger partial charge in [-0.25, -0.2) is 23.2 Å². The predicted octanol–water partition coefficient (Wildman–Crippen LogP) is 4.55. The molecule has 254 valence electrons. The number of nitrogens with one attached hydrogen (secondary N) is 1. The SMILES string of the molecule is CCCc1ccc(CNC=O)cc1.O=C(O)COc1cccc(-c2ccc(S(=O)(=O)N3CCN(c4cnc5cnccc5n4)CC3)cc2)c1. The third kappa shape index (κ3) is 9.36. The molecule has 5 aromatic rings. The van der Waals surface area contributed by atoms with Gasteiger partial charge in [-0.1, -0.05) is 61.9 Å². The minimum atomic E-state index is -3.66. The molecule has 0 atom stereocenters. The number of hydrogen-bond acceptors (Lipinski definition) is 9. The number of rotatable bonds is 12. The number of aromatic nitrogens is 3. The van der Waals surface area contributed by atoms with Gasteiger partial charge >= 0.3 is 5.97 Å². The zero-order valence-corrected chi connectivity index (χ0v) is 27.9. The summed E-state index contributed by atoms with van der Waals surface area (Å²) in [7, 11) is -3.66. The molecule has 1 fully saturated rings. The fraction of sp³-hybridized carbons (Fsp3) is 0.250. The van der Waals surface area contributed by atoms with Gasteiger partial charge in [0.1, 0.15) is 17.1 Å². The molecule has 3 aromatic carbocycles. The molecule has 2 N–H and O–H groups in total. The monoisotopic (exact) mass is 682 g/mol. The van der Waals surface area contributed by atoms with Crippen molar-refractivity contribution >= 4 is 39.3 Å². The Balaban J connectivity index is 0.000000304. The second-order valence-electron chi connectivity index (χ2n) is 11.3. The minimum absolute atomic E-state index is 0.218. The van der Waals surface area contributed by atoms with E-state index in [1.807, 2.05) is 11.0 Å². The predicted molar refractivity (Wildman–Crippen MR) is 187 cm³/mol. The van der Waals surface area contributed by atoms with E-state index in [1.165, 1.54) is 16.3 Å². The molecule has 0 spiro atoms. The number of piperazine rings is 1. The summed E-state index contributed by atoms with van der Waals surface area (Å²) in [4.78, 5) is 36.1. The maximum absolute atomic E-state index is 13.3. The Hall–Kier alpha value is -5.40. The van der Waals surface area contributed by atoms with Crippen molar-refractivity contribution in [1.82, 2.24) is 24.6 Å². The van der Waals surface area contributed by atoms with Crippen molar-refractivity contribution in [3.05, 3.63) is 109 Å². The third-order valence-electron chi connectivity index (χ3n) is 7.87. The fourth-order valence-corrected chi connectivity index (χ4v) is 6.74.